The number of aromatic nitrogens is 2. The van der Waals surface area contributed by atoms with Crippen molar-refractivity contribution in [2.24, 2.45) is 5.10 Å². The number of benzene rings is 3. The molecule has 0 fully saturated rings. The summed E-state index contributed by atoms with van der Waals surface area (Å²) in [5, 5.41) is 12.3. The highest BCUT2D eigenvalue weighted by molar-refractivity contribution is 6.32. The smallest absolute Gasteiger partial charge is 0.273 e. The molecule has 0 bridgehead atoms. The number of nitrogens with one attached hydrogen (secondary N) is 2. The minimum atomic E-state index is -0.334. The number of para-hydroxylation sites is 3. The molecule has 0 aliphatic heterocycles. The molecule has 0 unspecified atom stereocenters. The van der Waals surface area contributed by atoms with Crippen molar-refractivity contribution >= 4 is 35.1 Å². The Morgan fingerprint density at radius 1 is 0.968 bits per heavy atom. The molecule has 1 heterocycles. The van der Waals surface area contributed by atoms with E-state index in [2.05, 4.69) is 20.9 Å². The number of hydrazone groups is 1. The molecule has 0 atom stereocenters. The van der Waals surface area contributed by atoms with Crippen LogP contribution in [-0.4, -0.2) is 21.9 Å². The molecule has 4 rings (SSSR count). The van der Waals surface area contributed by atoms with Crippen molar-refractivity contribution in [2.75, 3.05) is 5.32 Å². The normalized spacial score (nSPS) is 10.9. The zero-order chi connectivity index (χ0) is 21.6. The van der Waals surface area contributed by atoms with Gasteiger partial charge in [0.1, 0.15) is 5.15 Å². The van der Waals surface area contributed by atoms with E-state index in [-0.39, 0.29) is 5.91 Å². The van der Waals surface area contributed by atoms with E-state index in [1.54, 1.807) is 16.8 Å². The van der Waals surface area contributed by atoms with Crippen LogP contribution in [0.3, 0.4) is 0 Å². The van der Waals surface area contributed by atoms with Gasteiger partial charge < -0.3 is 5.32 Å². The van der Waals surface area contributed by atoms with E-state index in [1.165, 1.54) is 6.21 Å². The van der Waals surface area contributed by atoms with Crippen LogP contribution in [-0.2, 0) is 0 Å². The van der Waals surface area contributed by atoms with E-state index >= 15 is 0 Å². The van der Waals surface area contributed by atoms with Gasteiger partial charge in [0.05, 0.1) is 34.4 Å². The minimum Gasteiger partial charge on any atom is -0.355 e. The SMILES string of the molecule is Cc1nn(-c2ccccc2)c(Cl)c1/C=N\NC(=O)c1ccccc1Nc1ccccc1. The largest absolute Gasteiger partial charge is 0.355 e. The highest BCUT2D eigenvalue weighted by Crippen LogP contribution is 2.22. The third-order valence-electron chi connectivity index (χ3n) is 4.63. The van der Waals surface area contributed by atoms with Gasteiger partial charge in [0.25, 0.3) is 5.91 Å². The van der Waals surface area contributed by atoms with Gasteiger partial charge in [-0.2, -0.15) is 10.2 Å². The molecule has 154 valence electrons. The highest BCUT2D eigenvalue weighted by atomic mass is 35.5. The molecule has 0 spiro atoms. The number of hydrogen-bond acceptors (Lipinski definition) is 4. The number of rotatable bonds is 6. The first kappa shape index (κ1) is 20.4. The van der Waals surface area contributed by atoms with E-state index in [1.807, 2.05) is 79.7 Å². The second-order valence-electron chi connectivity index (χ2n) is 6.77. The van der Waals surface area contributed by atoms with Crippen molar-refractivity contribution < 1.29 is 4.79 Å². The lowest BCUT2D eigenvalue weighted by Crippen LogP contribution is -2.19. The average Bonchev–Trinajstić information content (AvgIpc) is 3.09. The van der Waals surface area contributed by atoms with Crippen LogP contribution in [0.25, 0.3) is 5.69 Å². The maximum absolute atomic E-state index is 12.7. The van der Waals surface area contributed by atoms with Gasteiger partial charge in [0, 0.05) is 5.69 Å². The van der Waals surface area contributed by atoms with Crippen molar-refractivity contribution in [3.8, 4) is 5.69 Å². The Kier molecular flexibility index (Phi) is 6.10. The zero-order valence-corrected chi connectivity index (χ0v) is 17.5. The topological polar surface area (TPSA) is 71.3 Å². The Morgan fingerprint density at radius 3 is 2.35 bits per heavy atom. The summed E-state index contributed by atoms with van der Waals surface area (Å²) >= 11 is 6.50. The molecule has 3 aromatic carbocycles. The Bertz CT molecular complexity index is 1220. The Morgan fingerprint density at radius 2 is 1.61 bits per heavy atom. The molecule has 7 heteroatoms. The number of halogens is 1. The maximum Gasteiger partial charge on any atom is 0.273 e. The summed E-state index contributed by atoms with van der Waals surface area (Å²) in [7, 11) is 0. The van der Waals surface area contributed by atoms with Crippen molar-refractivity contribution in [1.29, 1.82) is 0 Å². The average molecular weight is 430 g/mol. The summed E-state index contributed by atoms with van der Waals surface area (Å²) < 4.78 is 1.64. The first-order valence-corrected chi connectivity index (χ1v) is 10.1. The molecule has 0 radical (unpaired) electrons. The van der Waals surface area contributed by atoms with Crippen LogP contribution < -0.4 is 10.7 Å². The van der Waals surface area contributed by atoms with Crippen LogP contribution in [0.5, 0.6) is 0 Å². The number of carbonyl (C=O) groups is 1. The predicted molar refractivity (Wildman–Crippen MR) is 125 cm³/mol. The summed E-state index contributed by atoms with van der Waals surface area (Å²) in [6.45, 7) is 1.84. The molecule has 1 aromatic heterocycles. The van der Waals surface area contributed by atoms with E-state index in [4.69, 9.17) is 11.6 Å². The van der Waals surface area contributed by atoms with Crippen molar-refractivity contribution in [1.82, 2.24) is 15.2 Å². The van der Waals surface area contributed by atoms with Crippen LogP contribution in [0, 0.1) is 6.92 Å². The van der Waals surface area contributed by atoms with Crippen LogP contribution >= 0.6 is 11.6 Å². The van der Waals surface area contributed by atoms with E-state index in [0.717, 1.165) is 11.4 Å². The third kappa shape index (κ3) is 4.65. The Hall–Kier alpha value is -3.90. The van der Waals surface area contributed by atoms with E-state index in [0.29, 0.717) is 27.7 Å². The van der Waals surface area contributed by atoms with Gasteiger partial charge >= 0.3 is 0 Å². The first-order chi connectivity index (χ1) is 15.1. The molecule has 4 aromatic rings. The van der Waals surface area contributed by atoms with Crippen molar-refractivity contribution in [3.05, 3.63) is 107 Å². The molecule has 0 saturated heterocycles. The van der Waals surface area contributed by atoms with Gasteiger partial charge in [-0.15, -0.1) is 0 Å². The monoisotopic (exact) mass is 429 g/mol. The van der Waals surface area contributed by atoms with Gasteiger partial charge in [-0.05, 0) is 43.3 Å². The number of amides is 1. The van der Waals surface area contributed by atoms with E-state index in [9.17, 15) is 4.79 Å². The molecule has 0 aliphatic carbocycles. The van der Waals surface area contributed by atoms with Gasteiger partial charge in [-0.25, -0.2) is 10.1 Å². The van der Waals surface area contributed by atoms with Gasteiger partial charge in [0.2, 0.25) is 0 Å². The number of anilines is 2. The fraction of sp³-hybridized carbons (Fsp3) is 0.0417. The summed E-state index contributed by atoms with van der Waals surface area (Å²) in [5.41, 5.74) is 6.82. The van der Waals surface area contributed by atoms with Gasteiger partial charge in [-0.1, -0.05) is 60.1 Å². The molecule has 0 saturated carbocycles. The van der Waals surface area contributed by atoms with Crippen LogP contribution in [0.15, 0.2) is 90.0 Å². The summed E-state index contributed by atoms with van der Waals surface area (Å²) in [6, 6.07) is 26.5. The maximum atomic E-state index is 12.7. The van der Waals surface area contributed by atoms with Crippen LogP contribution in [0.2, 0.25) is 5.15 Å². The third-order valence-corrected chi connectivity index (χ3v) is 5.00. The zero-order valence-electron chi connectivity index (χ0n) is 16.8. The molecule has 31 heavy (non-hydrogen) atoms. The van der Waals surface area contributed by atoms with Crippen LogP contribution in [0.1, 0.15) is 21.6 Å². The molecule has 1 amide bonds. The number of aryl methyl sites for hydroxylation is 1. The number of nitrogens with zero attached hydrogens (tertiary/aromatic N) is 3. The molecule has 6 nitrogen and oxygen atoms in total. The van der Waals surface area contributed by atoms with E-state index < -0.39 is 0 Å². The molecular formula is C24H20ClN5O. The number of carbonyl (C=O) groups excluding carboxylic acids is 1. The molecule has 0 aliphatic rings. The highest BCUT2D eigenvalue weighted by Gasteiger charge is 2.14. The lowest BCUT2D eigenvalue weighted by molar-refractivity contribution is 0.0956. The Balaban J connectivity index is 1.51. The summed E-state index contributed by atoms with van der Waals surface area (Å²) in [4.78, 5) is 12.7. The lowest BCUT2D eigenvalue weighted by atomic mass is 10.1. The fourth-order valence-electron chi connectivity index (χ4n) is 3.08. The van der Waals surface area contributed by atoms with Gasteiger partial charge in [-0.3, -0.25) is 4.79 Å². The van der Waals surface area contributed by atoms with Crippen molar-refractivity contribution in [3.63, 3.8) is 0 Å². The summed E-state index contributed by atoms with van der Waals surface area (Å²) in [6.07, 6.45) is 1.51. The standard InChI is InChI=1S/C24H20ClN5O/c1-17-21(23(25)30(29-17)19-12-6-3-7-13-19)16-26-28-24(31)20-14-8-9-15-22(20)27-18-10-4-2-5-11-18/h2-16,27H,1H3,(H,28,31)/b26-16-. The van der Waals surface area contributed by atoms with Gasteiger partial charge in [0.15, 0.2) is 0 Å². The summed E-state index contributed by atoms with van der Waals surface area (Å²) in [5.74, 6) is -0.334. The van der Waals surface area contributed by atoms with Crippen LogP contribution in [0.4, 0.5) is 11.4 Å². The quantitative estimate of drug-likeness (QED) is 0.321. The molecular weight excluding hydrogens is 410 g/mol. The Labute approximate surface area is 185 Å². The second kappa shape index (κ2) is 9.28. The predicted octanol–water partition coefficient (Wildman–Crippen LogP) is 5.34. The number of hydrogen-bond donors (Lipinski definition) is 2. The second-order valence-corrected chi connectivity index (χ2v) is 7.13. The van der Waals surface area contributed by atoms with Crippen molar-refractivity contribution in [2.45, 2.75) is 6.92 Å². The fourth-order valence-corrected chi connectivity index (χ4v) is 3.40. The lowest BCUT2D eigenvalue weighted by Gasteiger charge is -2.10. The first-order valence-electron chi connectivity index (χ1n) is 9.68. The minimum absolute atomic E-state index is 0.334. The molecule has 2 N–H and O–H groups in total.